The van der Waals surface area contributed by atoms with Crippen molar-refractivity contribution < 1.29 is 8.42 Å². The molecule has 8 heteroatoms. The summed E-state index contributed by atoms with van der Waals surface area (Å²) >= 11 is 3.25. The number of pyridine rings is 1. The van der Waals surface area contributed by atoms with Gasteiger partial charge >= 0.3 is 0 Å². The number of anilines is 2. The highest BCUT2D eigenvalue weighted by molar-refractivity contribution is 9.10. The number of nitrogens with one attached hydrogen (secondary N) is 2. The Hall–Kier alpha value is -1.64. The normalized spacial score (nSPS) is 11.2. The van der Waals surface area contributed by atoms with Gasteiger partial charge in [-0.25, -0.2) is 13.4 Å². The van der Waals surface area contributed by atoms with Crippen molar-refractivity contribution in [1.29, 1.82) is 0 Å². The summed E-state index contributed by atoms with van der Waals surface area (Å²) in [5, 5.41) is 0. The molecule has 0 saturated heterocycles. The van der Waals surface area contributed by atoms with Gasteiger partial charge in [-0.2, -0.15) is 0 Å². The first-order valence-corrected chi connectivity index (χ1v) is 8.33. The predicted octanol–water partition coefficient (Wildman–Crippen LogP) is 2.55. The van der Waals surface area contributed by atoms with Gasteiger partial charge in [0.25, 0.3) is 10.0 Å². The van der Waals surface area contributed by atoms with Crippen molar-refractivity contribution in [2.24, 2.45) is 5.84 Å². The fourth-order valence-corrected chi connectivity index (χ4v) is 3.78. The van der Waals surface area contributed by atoms with Crippen molar-refractivity contribution in [2.45, 2.75) is 18.7 Å². The van der Waals surface area contributed by atoms with Gasteiger partial charge in [0.05, 0.1) is 4.90 Å². The second-order valence-electron chi connectivity index (χ2n) is 4.55. The Morgan fingerprint density at radius 1 is 1.19 bits per heavy atom. The topological polar surface area (TPSA) is 97.1 Å². The van der Waals surface area contributed by atoms with Crippen molar-refractivity contribution >= 4 is 37.5 Å². The quantitative estimate of drug-likeness (QED) is 0.567. The van der Waals surface area contributed by atoms with Gasteiger partial charge in [-0.1, -0.05) is 0 Å². The lowest BCUT2D eigenvalue weighted by Gasteiger charge is -2.14. The van der Waals surface area contributed by atoms with Crippen LogP contribution in [0.5, 0.6) is 0 Å². The predicted molar refractivity (Wildman–Crippen MR) is 86.5 cm³/mol. The maximum Gasteiger partial charge on any atom is 0.263 e. The fourth-order valence-electron chi connectivity index (χ4n) is 2.08. The molecule has 1 heterocycles. The molecule has 2 aromatic rings. The number of aryl methyl sites for hydroxylation is 2. The van der Waals surface area contributed by atoms with Crippen LogP contribution in [0.3, 0.4) is 0 Å². The van der Waals surface area contributed by atoms with E-state index in [9.17, 15) is 8.42 Å². The highest BCUT2D eigenvalue weighted by Crippen LogP contribution is 2.25. The standard InChI is InChI=1S/C13H15BrN4O2S/c1-8-5-11(17-15)6-9(2)13(8)21(19,20)18-12-4-3-10(14)7-16-12/h3-7,17H,15H2,1-2H3,(H,16,18). The molecule has 0 aliphatic rings. The third-order valence-electron chi connectivity index (χ3n) is 2.86. The molecule has 0 aliphatic heterocycles. The molecule has 0 atom stereocenters. The van der Waals surface area contributed by atoms with Crippen LogP contribution in [-0.2, 0) is 10.0 Å². The lowest BCUT2D eigenvalue weighted by molar-refractivity contribution is 0.600. The van der Waals surface area contributed by atoms with Gasteiger partial charge in [-0.3, -0.25) is 10.6 Å². The molecule has 0 amide bonds. The highest BCUT2D eigenvalue weighted by Gasteiger charge is 2.20. The second-order valence-corrected chi connectivity index (χ2v) is 7.09. The summed E-state index contributed by atoms with van der Waals surface area (Å²) in [5.41, 5.74) is 4.38. The van der Waals surface area contributed by atoms with Crippen LogP contribution in [0.4, 0.5) is 11.5 Å². The minimum absolute atomic E-state index is 0.228. The number of nitrogens with zero attached hydrogens (tertiary/aromatic N) is 1. The molecule has 6 nitrogen and oxygen atoms in total. The number of aromatic nitrogens is 1. The first-order chi connectivity index (χ1) is 9.83. The zero-order valence-corrected chi connectivity index (χ0v) is 13.9. The molecular weight excluding hydrogens is 356 g/mol. The molecule has 0 fully saturated rings. The molecule has 0 unspecified atom stereocenters. The number of halogens is 1. The van der Waals surface area contributed by atoms with E-state index >= 15 is 0 Å². The third-order valence-corrected chi connectivity index (χ3v) is 4.99. The summed E-state index contributed by atoms with van der Waals surface area (Å²) in [6.45, 7) is 3.44. The van der Waals surface area contributed by atoms with Crippen molar-refractivity contribution in [3.63, 3.8) is 0 Å². The maximum atomic E-state index is 12.5. The van der Waals surface area contributed by atoms with E-state index in [0.29, 0.717) is 16.8 Å². The molecule has 1 aromatic carbocycles. The molecule has 0 radical (unpaired) electrons. The van der Waals surface area contributed by atoms with E-state index in [4.69, 9.17) is 5.84 Å². The van der Waals surface area contributed by atoms with Crippen LogP contribution < -0.4 is 16.0 Å². The summed E-state index contributed by atoms with van der Waals surface area (Å²) in [7, 11) is -3.71. The van der Waals surface area contributed by atoms with Gasteiger partial charge in [0, 0.05) is 16.4 Å². The molecule has 0 saturated carbocycles. The number of sulfonamides is 1. The van der Waals surface area contributed by atoms with Gasteiger partial charge in [0.15, 0.2) is 0 Å². The van der Waals surface area contributed by atoms with Gasteiger partial charge in [-0.05, 0) is 65.2 Å². The minimum atomic E-state index is -3.71. The molecule has 0 aliphatic carbocycles. The Balaban J connectivity index is 2.42. The number of nitrogens with two attached hydrogens (primary N) is 1. The Bertz CT molecular complexity index is 737. The van der Waals surface area contributed by atoms with Crippen molar-refractivity contribution in [2.75, 3.05) is 10.1 Å². The van der Waals surface area contributed by atoms with Gasteiger partial charge in [0.2, 0.25) is 0 Å². The van der Waals surface area contributed by atoms with Gasteiger partial charge < -0.3 is 5.43 Å². The zero-order chi connectivity index (χ0) is 15.6. The molecule has 0 bridgehead atoms. The van der Waals surface area contributed by atoms with E-state index in [1.54, 1.807) is 38.1 Å². The number of hydrogen-bond acceptors (Lipinski definition) is 5. The lowest BCUT2D eigenvalue weighted by atomic mass is 10.1. The first-order valence-electron chi connectivity index (χ1n) is 6.06. The first kappa shape index (κ1) is 15.7. The van der Waals surface area contributed by atoms with Crippen molar-refractivity contribution in [3.05, 3.63) is 46.1 Å². The lowest BCUT2D eigenvalue weighted by Crippen LogP contribution is -2.17. The number of benzene rings is 1. The zero-order valence-electron chi connectivity index (χ0n) is 11.5. The van der Waals surface area contributed by atoms with E-state index < -0.39 is 10.0 Å². The second kappa shape index (κ2) is 6.00. The Morgan fingerprint density at radius 2 is 1.81 bits per heavy atom. The van der Waals surface area contributed by atoms with E-state index in [-0.39, 0.29) is 10.7 Å². The number of hydrogen-bond donors (Lipinski definition) is 3. The van der Waals surface area contributed by atoms with E-state index in [1.165, 1.54) is 6.20 Å². The van der Waals surface area contributed by atoms with Gasteiger partial charge in [0.1, 0.15) is 5.82 Å². The van der Waals surface area contributed by atoms with Crippen LogP contribution in [0.2, 0.25) is 0 Å². The van der Waals surface area contributed by atoms with Crippen LogP contribution in [-0.4, -0.2) is 13.4 Å². The molecular formula is C13H15BrN4O2S. The third kappa shape index (κ3) is 3.52. The summed E-state index contributed by atoms with van der Waals surface area (Å²) < 4.78 is 28.3. The van der Waals surface area contributed by atoms with Gasteiger partial charge in [-0.15, -0.1) is 0 Å². The summed E-state index contributed by atoms with van der Waals surface area (Å²) in [6.07, 6.45) is 1.53. The number of hydrazine groups is 1. The van der Waals surface area contributed by atoms with E-state index in [0.717, 1.165) is 4.47 Å². The number of nitrogen functional groups attached to an aromatic ring is 1. The van der Waals surface area contributed by atoms with Crippen LogP contribution in [0.25, 0.3) is 0 Å². The molecule has 4 N–H and O–H groups in total. The SMILES string of the molecule is Cc1cc(NN)cc(C)c1S(=O)(=O)Nc1ccc(Br)cn1. The molecule has 112 valence electrons. The molecule has 21 heavy (non-hydrogen) atoms. The Kier molecular flexibility index (Phi) is 4.50. The Labute approximate surface area is 131 Å². The fraction of sp³-hybridized carbons (Fsp3) is 0.154. The summed E-state index contributed by atoms with van der Waals surface area (Å²) in [5.74, 6) is 5.62. The van der Waals surface area contributed by atoms with Crippen molar-refractivity contribution in [3.8, 4) is 0 Å². The maximum absolute atomic E-state index is 12.5. The van der Waals surface area contributed by atoms with Crippen LogP contribution in [0.1, 0.15) is 11.1 Å². The average molecular weight is 371 g/mol. The Morgan fingerprint density at radius 3 is 2.29 bits per heavy atom. The van der Waals surface area contributed by atoms with Crippen LogP contribution >= 0.6 is 15.9 Å². The smallest absolute Gasteiger partial charge is 0.263 e. The largest absolute Gasteiger partial charge is 0.324 e. The van der Waals surface area contributed by atoms with Crippen LogP contribution in [0, 0.1) is 13.8 Å². The average Bonchev–Trinajstić information content (AvgIpc) is 2.39. The molecule has 0 spiro atoms. The highest BCUT2D eigenvalue weighted by atomic mass is 79.9. The summed E-state index contributed by atoms with van der Waals surface area (Å²) in [6, 6.07) is 6.65. The minimum Gasteiger partial charge on any atom is -0.324 e. The van der Waals surface area contributed by atoms with E-state index in [2.05, 4.69) is 31.1 Å². The summed E-state index contributed by atoms with van der Waals surface area (Å²) in [4.78, 5) is 4.24. The molecule has 2 rings (SSSR count). The monoisotopic (exact) mass is 370 g/mol. The van der Waals surface area contributed by atoms with Crippen molar-refractivity contribution in [1.82, 2.24) is 4.98 Å². The van der Waals surface area contributed by atoms with Crippen LogP contribution in [0.15, 0.2) is 39.8 Å². The number of rotatable bonds is 4. The molecule has 1 aromatic heterocycles. The van der Waals surface area contributed by atoms with E-state index in [1.807, 2.05) is 0 Å².